The molecule has 0 fully saturated rings. The first kappa shape index (κ1) is 28.2. The fraction of sp³-hybridized carbons (Fsp3) is 0.654. The Morgan fingerprint density at radius 1 is 1.19 bits per heavy atom. The van der Waals surface area contributed by atoms with Crippen LogP contribution in [-0.2, 0) is 15.7 Å². The molecule has 0 aliphatic rings. The van der Waals surface area contributed by atoms with Crippen LogP contribution in [0.5, 0.6) is 5.75 Å². The normalized spacial score (nSPS) is 14.5. The number of para-hydroxylation sites is 1. The smallest absolute Gasteiger partial charge is 0.410 e. The first-order valence-corrected chi connectivity index (χ1v) is 14.6. The van der Waals surface area contributed by atoms with Crippen molar-refractivity contribution < 1.29 is 18.7 Å². The largest absolute Gasteiger partial charge is 0.496 e. The predicted molar refractivity (Wildman–Crippen MR) is 136 cm³/mol. The highest BCUT2D eigenvalue weighted by Crippen LogP contribution is 2.39. The summed E-state index contributed by atoms with van der Waals surface area (Å²) in [6.07, 6.45) is 4.39. The van der Waals surface area contributed by atoms with Crippen molar-refractivity contribution in [2.45, 2.75) is 91.7 Å². The van der Waals surface area contributed by atoms with E-state index < -0.39 is 8.32 Å². The Bertz CT molecular complexity index is 740. The van der Waals surface area contributed by atoms with Crippen molar-refractivity contribution in [1.29, 1.82) is 0 Å². The molecule has 0 aromatic heterocycles. The molecule has 0 spiro atoms. The number of rotatable bonds is 11. The number of allylic oxidation sites excluding steroid dienone is 1. The number of carbonyl (C=O) groups excluding carboxylic acids is 1. The van der Waals surface area contributed by atoms with Gasteiger partial charge in [-0.2, -0.15) is 0 Å². The number of hydrogen-bond acceptors (Lipinski definition) is 4. The average molecular weight is 464 g/mol. The Morgan fingerprint density at radius 3 is 2.31 bits per heavy atom. The minimum absolute atomic E-state index is 0.0621. The minimum Gasteiger partial charge on any atom is -0.496 e. The van der Waals surface area contributed by atoms with Gasteiger partial charge in [0.15, 0.2) is 8.32 Å². The molecule has 0 aliphatic carbocycles. The van der Waals surface area contributed by atoms with Gasteiger partial charge in [-0.1, -0.05) is 65.0 Å². The highest BCUT2D eigenvalue weighted by Gasteiger charge is 2.42. The van der Waals surface area contributed by atoms with Gasteiger partial charge >= 0.3 is 6.09 Å². The lowest BCUT2D eigenvalue weighted by atomic mass is 9.96. The molecule has 0 unspecified atom stereocenters. The first-order valence-electron chi connectivity index (χ1n) is 11.7. The molecule has 182 valence electrons. The van der Waals surface area contributed by atoms with Crippen molar-refractivity contribution in [3.63, 3.8) is 0 Å². The molecular formula is C26H45NO4Si. The fourth-order valence-corrected chi connectivity index (χ4v) is 4.68. The number of carbonyl (C=O) groups is 1. The summed E-state index contributed by atoms with van der Waals surface area (Å²) < 4.78 is 18.0. The van der Waals surface area contributed by atoms with Crippen molar-refractivity contribution in [3.05, 3.63) is 42.0 Å². The van der Waals surface area contributed by atoms with Crippen molar-refractivity contribution in [1.82, 2.24) is 4.90 Å². The van der Waals surface area contributed by atoms with E-state index in [1.54, 1.807) is 7.11 Å². The zero-order chi connectivity index (χ0) is 24.5. The molecule has 0 saturated heterocycles. The number of amides is 1. The standard InChI is InChI=1S/C26H45NO4Si/c1-11-15-24(31-32(9,10)26(5,6)7)22(18-20(3)4)27(25(28)30-12-2)19-21-16-13-14-17-23(21)29-8/h11,13-17,20,22,24H,12,18-19H2,1-10H3/b15-11+/t22-,24-/m1/s1. The lowest BCUT2D eigenvalue weighted by molar-refractivity contribution is 0.0439. The monoisotopic (exact) mass is 463 g/mol. The van der Waals surface area contributed by atoms with Gasteiger partial charge in [-0.25, -0.2) is 4.79 Å². The number of benzene rings is 1. The minimum atomic E-state index is -2.08. The quantitative estimate of drug-likeness (QED) is 0.261. The maximum absolute atomic E-state index is 13.2. The zero-order valence-electron chi connectivity index (χ0n) is 21.9. The molecule has 0 radical (unpaired) electrons. The Labute approximate surface area is 197 Å². The summed E-state index contributed by atoms with van der Waals surface area (Å²) in [6.45, 7) is 20.1. The predicted octanol–water partition coefficient (Wildman–Crippen LogP) is 7.03. The molecular weight excluding hydrogens is 418 g/mol. The average Bonchev–Trinajstić information content (AvgIpc) is 2.69. The SMILES string of the molecule is C/C=C/[C@@H](O[Si](C)(C)C(C)(C)C)[C@@H](CC(C)C)N(Cc1ccccc1OC)C(=O)OCC. The molecule has 0 saturated carbocycles. The molecule has 1 amide bonds. The third kappa shape index (κ3) is 7.96. The molecule has 6 heteroatoms. The molecule has 5 nitrogen and oxygen atoms in total. The molecule has 0 heterocycles. The van der Waals surface area contributed by atoms with E-state index in [0.29, 0.717) is 19.1 Å². The third-order valence-corrected chi connectivity index (χ3v) is 10.6. The lowest BCUT2D eigenvalue weighted by Gasteiger charge is -2.43. The van der Waals surface area contributed by atoms with E-state index in [1.807, 2.05) is 49.1 Å². The van der Waals surface area contributed by atoms with Gasteiger partial charge in [0.2, 0.25) is 0 Å². The number of ether oxygens (including phenoxy) is 2. The molecule has 0 aliphatic heterocycles. The van der Waals surface area contributed by atoms with E-state index in [0.717, 1.165) is 17.7 Å². The molecule has 2 atom stereocenters. The van der Waals surface area contributed by atoms with Crippen LogP contribution in [0.25, 0.3) is 0 Å². The highest BCUT2D eigenvalue weighted by atomic mass is 28.4. The number of hydrogen-bond donors (Lipinski definition) is 0. The van der Waals surface area contributed by atoms with Crippen LogP contribution in [0.3, 0.4) is 0 Å². The number of nitrogens with zero attached hydrogens (tertiary/aromatic N) is 1. The second kappa shape index (κ2) is 12.4. The first-order chi connectivity index (χ1) is 14.9. The van der Waals surface area contributed by atoms with Crippen LogP contribution in [-0.4, -0.2) is 45.2 Å². The van der Waals surface area contributed by atoms with Gasteiger partial charge in [-0.05, 0) is 50.4 Å². The molecule has 0 bridgehead atoms. The van der Waals surface area contributed by atoms with E-state index in [4.69, 9.17) is 13.9 Å². The highest BCUT2D eigenvalue weighted by molar-refractivity contribution is 6.74. The number of methoxy groups -OCH3 is 1. The van der Waals surface area contributed by atoms with Gasteiger partial charge in [0.1, 0.15) is 5.75 Å². The molecule has 1 aromatic rings. The fourth-order valence-electron chi connectivity index (χ4n) is 3.42. The molecule has 32 heavy (non-hydrogen) atoms. The Kier molecular flexibility index (Phi) is 11.0. The summed E-state index contributed by atoms with van der Waals surface area (Å²) >= 11 is 0. The summed E-state index contributed by atoms with van der Waals surface area (Å²) in [6, 6.07) is 7.66. The maximum atomic E-state index is 13.2. The van der Waals surface area contributed by atoms with Gasteiger partial charge < -0.3 is 13.9 Å². The van der Waals surface area contributed by atoms with Crippen LogP contribution >= 0.6 is 0 Å². The van der Waals surface area contributed by atoms with Crippen LogP contribution in [0.1, 0.15) is 60.5 Å². The van der Waals surface area contributed by atoms with Crippen molar-refractivity contribution in [2.24, 2.45) is 5.92 Å². The zero-order valence-corrected chi connectivity index (χ0v) is 22.9. The summed E-state index contributed by atoms with van der Waals surface area (Å²) in [5.74, 6) is 1.14. The van der Waals surface area contributed by atoms with Crippen molar-refractivity contribution in [3.8, 4) is 5.75 Å². The van der Waals surface area contributed by atoms with Crippen LogP contribution in [0.4, 0.5) is 4.79 Å². The summed E-state index contributed by atoms with van der Waals surface area (Å²) in [7, 11) is -0.428. The van der Waals surface area contributed by atoms with Gasteiger partial charge in [0, 0.05) is 5.56 Å². The second-order valence-electron chi connectivity index (χ2n) is 10.2. The molecule has 0 N–H and O–H groups in total. The Hall–Kier alpha value is -1.79. The van der Waals surface area contributed by atoms with E-state index in [1.165, 1.54) is 0 Å². The van der Waals surface area contributed by atoms with E-state index in [9.17, 15) is 4.79 Å². The van der Waals surface area contributed by atoms with Crippen molar-refractivity contribution in [2.75, 3.05) is 13.7 Å². The Balaban J connectivity index is 3.49. The van der Waals surface area contributed by atoms with Gasteiger partial charge in [0.05, 0.1) is 32.4 Å². The van der Waals surface area contributed by atoms with Crippen molar-refractivity contribution >= 4 is 14.4 Å². The maximum Gasteiger partial charge on any atom is 0.410 e. The van der Waals surface area contributed by atoms with Gasteiger partial charge in [-0.3, -0.25) is 4.90 Å². The van der Waals surface area contributed by atoms with Gasteiger partial charge in [0.25, 0.3) is 0 Å². The second-order valence-corrected chi connectivity index (χ2v) is 15.0. The lowest BCUT2D eigenvalue weighted by Crippen LogP contribution is -2.53. The Morgan fingerprint density at radius 2 is 1.81 bits per heavy atom. The van der Waals surface area contributed by atoms with E-state index in [2.05, 4.69) is 53.8 Å². The van der Waals surface area contributed by atoms with Crippen LogP contribution in [0, 0.1) is 5.92 Å². The van der Waals surface area contributed by atoms with Crippen LogP contribution in [0.2, 0.25) is 18.1 Å². The topological polar surface area (TPSA) is 48.0 Å². The third-order valence-electron chi connectivity index (χ3n) is 6.15. The van der Waals surface area contributed by atoms with E-state index in [-0.39, 0.29) is 23.3 Å². The molecule has 1 rings (SSSR count). The van der Waals surface area contributed by atoms with Crippen LogP contribution in [0.15, 0.2) is 36.4 Å². The summed E-state index contributed by atoms with van der Waals surface area (Å²) in [5.41, 5.74) is 0.948. The van der Waals surface area contributed by atoms with E-state index >= 15 is 0 Å². The summed E-state index contributed by atoms with van der Waals surface area (Å²) in [5, 5.41) is 0.0621. The van der Waals surface area contributed by atoms with Gasteiger partial charge in [-0.15, -0.1) is 0 Å². The molecule has 1 aromatic carbocycles. The summed E-state index contributed by atoms with van der Waals surface area (Å²) in [4.78, 5) is 15.1. The van der Waals surface area contributed by atoms with Crippen LogP contribution < -0.4 is 4.74 Å².